The minimum Gasteiger partial charge on any atom is -0.399 e. The first-order valence-electron chi connectivity index (χ1n) is 5.52. The van der Waals surface area contributed by atoms with Crippen molar-refractivity contribution in [3.63, 3.8) is 0 Å². The van der Waals surface area contributed by atoms with Gasteiger partial charge >= 0.3 is 0 Å². The number of non-ortho nitro benzene ring substituents is 1. The Balaban J connectivity index is 0.000000184. The first kappa shape index (κ1) is 13.7. The van der Waals surface area contributed by atoms with Crippen LogP contribution in [-0.4, -0.2) is 4.92 Å². The van der Waals surface area contributed by atoms with E-state index in [1.54, 1.807) is 12.1 Å². The smallest absolute Gasteiger partial charge is 0.269 e. The quantitative estimate of drug-likeness (QED) is 0.474. The standard InChI is InChI=1S/C7H7NO2.C7H9N/c1-6-2-4-7(5-3-6)8(9)10;1-6-2-4-7(8)5-3-6/h2-5H,1H3;2-5H,8H2,1H3. The number of hydrogen-bond acceptors (Lipinski definition) is 3. The van der Waals surface area contributed by atoms with Crippen molar-refractivity contribution in [1.82, 2.24) is 0 Å². The molecule has 0 aliphatic heterocycles. The molecule has 0 fully saturated rings. The number of anilines is 1. The number of nitro benzene ring substituents is 1. The molecule has 2 aromatic carbocycles. The highest BCUT2D eigenvalue weighted by molar-refractivity contribution is 5.38. The fourth-order valence-electron chi connectivity index (χ4n) is 1.23. The summed E-state index contributed by atoms with van der Waals surface area (Å²) in [4.78, 5) is 9.71. The summed E-state index contributed by atoms with van der Waals surface area (Å²) in [5, 5.41) is 10.1. The van der Waals surface area contributed by atoms with Gasteiger partial charge in [-0.1, -0.05) is 35.4 Å². The largest absolute Gasteiger partial charge is 0.399 e. The third kappa shape index (κ3) is 4.65. The summed E-state index contributed by atoms with van der Waals surface area (Å²) in [6, 6.07) is 14.2. The number of aryl methyl sites for hydroxylation is 2. The van der Waals surface area contributed by atoms with E-state index in [1.807, 2.05) is 38.1 Å². The molecule has 18 heavy (non-hydrogen) atoms. The molecule has 0 atom stereocenters. The summed E-state index contributed by atoms with van der Waals surface area (Å²) in [5.74, 6) is 0. The number of hydrogen-bond donors (Lipinski definition) is 1. The van der Waals surface area contributed by atoms with Gasteiger partial charge in [0.25, 0.3) is 5.69 Å². The second-order valence-electron chi connectivity index (χ2n) is 4.00. The molecule has 0 aliphatic carbocycles. The van der Waals surface area contributed by atoms with Crippen LogP contribution in [0, 0.1) is 24.0 Å². The van der Waals surface area contributed by atoms with Crippen molar-refractivity contribution in [3.8, 4) is 0 Å². The van der Waals surface area contributed by atoms with Gasteiger partial charge < -0.3 is 5.73 Å². The van der Waals surface area contributed by atoms with Crippen LogP contribution in [0.25, 0.3) is 0 Å². The molecule has 2 N–H and O–H groups in total. The van der Waals surface area contributed by atoms with E-state index >= 15 is 0 Å². The fraction of sp³-hybridized carbons (Fsp3) is 0.143. The Bertz CT molecular complexity index is 483. The fourth-order valence-corrected chi connectivity index (χ4v) is 1.23. The van der Waals surface area contributed by atoms with Crippen molar-refractivity contribution in [2.24, 2.45) is 0 Å². The van der Waals surface area contributed by atoms with Gasteiger partial charge in [-0.05, 0) is 26.0 Å². The van der Waals surface area contributed by atoms with Crippen LogP contribution in [-0.2, 0) is 0 Å². The highest BCUT2D eigenvalue weighted by Crippen LogP contribution is 2.10. The lowest BCUT2D eigenvalue weighted by atomic mass is 10.2. The lowest BCUT2D eigenvalue weighted by molar-refractivity contribution is -0.384. The van der Waals surface area contributed by atoms with E-state index < -0.39 is 4.92 Å². The van der Waals surface area contributed by atoms with Gasteiger partial charge in [-0.2, -0.15) is 0 Å². The van der Waals surface area contributed by atoms with E-state index in [0.29, 0.717) is 0 Å². The first-order valence-corrected chi connectivity index (χ1v) is 5.52. The minimum absolute atomic E-state index is 0.144. The van der Waals surface area contributed by atoms with Crippen molar-refractivity contribution in [2.75, 3.05) is 5.73 Å². The molecule has 0 aliphatic rings. The van der Waals surface area contributed by atoms with Crippen molar-refractivity contribution < 1.29 is 4.92 Å². The summed E-state index contributed by atoms with van der Waals surface area (Å²) < 4.78 is 0. The van der Waals surface area contributed by atoms with Gasteiger partial charge in [-0.25, -0.2) is 0 Å². The van der Waals surface area contributed by atoms with Crippen LogP contribution in [0.4, 0.5) is 11.4 Å². The van der Waals surface area contributed by atoms with Gasteiger partial charge in [0.2, 0.25) is 0 Å². The molecule has 0 heterocycles. The number of nitrogens with two attached hydrogens (primary N) is 1. The predicted molar refractivity (Wildman–Crippen MR) is 73.4 cm³/mol. The van der Waals surface area contributed by atoms with E-state index in [-0.39, 0.29) is 5.69 Å². The Hall–Kier alpha value is -2.36. The maximum atomic E-state index is 10.1. The molecular formula is C14H16N2O2. The monoisotopic (exact) mass is 244 g/mol. The molecule has 2 aromatic rings. The van der Waals surface area contributed by atoms with Gasteiger partial charge in [0.05, 0.1) is 4.92 Å². The van der Waals surface area contributed by atoms with Crippen LogP contribution in [0.5, 0.6) is 0 Å². The lowest BCUT2D eigenvalue weighted by Gasteiger charge is -1.90. The molecule has 0 saturated heterocycles. The van der Waals surface area contributed by atoms with E-state index in [9.17, 15) is 10.1 Å². The Labute approximate surface area is 106 Å². The van der Waals surface area contributed by atoms with Crippen LogP contribution >= 0.6 is 0 Å². The third-order valence-corrected chi connectivity index (χ3v) is 2.32. The number of rotatable bonds is 1. The lowest BCUT2D eigenvalue weighted by Crippen LogP contribution is -1.86. The van der Waals surface area contributed by atoms with Crippen LogP contribution in [0.2, 0.25) is 0 Å². The summed E-state index contributed by atoms with van der Waals surface area (Å²) in [6.07, 6.45) is 0. The van der Waals surface area contributed by atoms with Crippen molar-refractivity contribution in [2.45, 2.75) is 13.8 Å². The number of nitrogen functional groups attached to an aromatic ring is 1. The van der Waals surface area contributed by atoms with Gasteiger partial charge in [0.1, 0.15) is 0 Å². The average molecular weight is 244 g/mol. The maximum Gasteiger partial charge on any atom is 0.269 e. The molecule has 0 saturated carbocycles. The molecule has 4 nitrogen and oxygen atoms in total. The highest BCUT2D eigenvalue weighted by atomic mass is 16.6. The summed E-state index contributed by atoms with van der Waals surface area (Å²) in [7, 11) is 0. The number of benzene rings is 2. The van der Waals surface area contributed by atoms with Gasteiger partial charge in [-0.15, -0.1) is 0 Å². The molecule has 0 unspecified atom stereocenters. The van der Waals surface area contributed by atoms with Crippen LogP contribution in [0.1, 0.15) is 11.1 Å². The zero-order valence-electron chi connectivity index (χ0n) is 10.5. The normalized spacial score (nSPS) is 9.22. The zero-order chi connectivity index (χ0) is 13.5. The summed E-state index contributed by atoms with van der Waals surface area (Å²) in [5.41, 5.74) is 8.68. The van der Waals surface area contributed by atoms with Gasteiger partial charge in [0, 0.05) is 17.8 Å². The molecule has 2 rings (SSSR count). The van der Waals surface area contributed by atoms with Crippen molar-refractivity contribution in [3.05, 3.63) is 69.8 Å². The molecule has 0 aromatic heterocycles. The Morgan fingerprint density at radius 2 is 1.28 bits per heavy atom. The second-order valence-corrected chi connectivity index (χ2v) is 4.00. The molecule has 0 radical (unpaired) electrons. The first-order chi connectivity index (χ1) is 8.49. The third-order valence-electron chi connectivity index (χ3n) is 2.32. The molecule has 4 heteroatoms. The zero-order valence-corrected chi connectivity index (χ0v) is 10.5. The Morgan fingerprint density at radius 1 is 0.889 bits per heavy atom. The summed E-state index contributed by atoms with van der Waals surface area (Å²) in [6.45, 7) is 3.93. The molecule has 94 valence electrons. The Kier molecular flexibility index (Phi) is 4.87. The molecule has 0 spiro atoms. The minimum atomic E-state index is -0.403. The van der Waals surface area contributed by atoms with E-state index in [4.69, 9.17) is 5.73 Å². The van der Waals surface area contributed by atoms with Crippen LogP contribution in [0.15, 0.2) is 48.5 Å². The highest BCUT2D eigenvalue weighted by Gasteiger charge is 2.00. The van der Waals surface area contributed by atoms with E-state index in [1.165, 1.54) is 17.7 Å². The number of nitro groups is 1. The molecule has 0 amide bonds. The van der Waals surface area contributed by atoms with Crippen LogP contribution in [0.3, 0.4) is 0 Å². The van der Waals surface area contributed by atoms with E-state index in [2.05, 4.69) is 0 Å². The molecular weight excluding hydrogens is 228 g/mol. The van der Waals surface area contributed by atoms with Crippen LogP contribution < -0.4 is 5.73 Å². The van der Waals surface area contributed by atoms with Gasteiger partial charge in [0.15, 0.2) is 0 Å². The number of nitrogens with zero attached hydrogens (tertiary/aromatic N) is 1. The summed E-state index contributed by atoms with van der Waals surface area (Å²) >= 11 is 0. The topological polar surface area (TPSA) is 69.2 Å². The van der Waals surface area contributed by atoms with E-state index in [0.717, 1.165) is 11.3 Å². The average Bonchev–Trinajstić information content (AvgIpc) is 2.34. The Morgan fingerprint density at radius 3 is 1.61 bits per heavy atom. The molecule has 0 bridgehead atoms. The van der Waals surface area contributed by atoms with Crippen molar-refractivity contribution >= 4 is 11.4 Å². The van der Waals surface area contributed by atoms with Gasteiger partial charge in [-0.3, -0.25) is 10.1 Å². The predicted octanol–water partition coefficient (Wildman–Crippen LogP) is 3.48. The second kappa shape index (κ2) is 6.39. The maximum absolute atomic E-state index is 10.1. The SMILES string of the molecule is Cc1ccc(N)cc1.Cc1ccc([N+](=O)[O-])cc1. The van der Waals surface area contributed by atoms with Crippen molar-refractivity contribution in [1.29, 1.82) is 0 Å².